The minimum atomic E-state index is -0.136. The summed E-state index contributed by atoms with van der Waals surface area (Å²) in [6.45, 7) is 0.0656. The van der Waals surface area contributed by atoms with Gasteiger partial charge in [-0.2, -0.15) is 0 Å². The molecular formula is C21H24N4O2. The van der Waals surface area contributed by atoms with Gasteiger partial charge < -0.3 is 19.9 Å². The smallest absolute Gasteiger partial charge is 0.262 e. The summed E-state index contributed by atoms with van der Waals surface area (Å²) >= 11 is 0. The summed E-state index contributed by atoms with van der Waals surface area (Å²) < 4.78 is 7.63. The van der Waals surface area contributed by atoms with Crippen LogP contribution in [0.2, 0.25) is 0 Å². The van der Waals surface area contributed by atoms with Crippen LogP contribution in [0.25, 0.3) is 11.0 Å². The summed E-state index contributed by atoms with van der Waals surface area (Å²) in [5.41, 5.74) is 5.45. The van der Waals surface area contributed by atoms with E-state index in [1.165, 1.54) is 29.5 Å². The third kappa shape index (κ3) is 2.91. The number of hydrogen-bond acceptors (Lipinski definition) is 4. The molecule has 0 bridgehead atoms. The first-order valence-electron chi connectivity index (χ1n) is 9.00. The molecule has 5 rings (SSSR count). The lowest BCUT2D eigenvalue weighted by atomic mass is 9.96. The molecular weight excluding hydrogens is 340 g/mol. The monoisotopic (exact) mass is 364 g/mol. The number of benzene rings is 1. The van der Waals surface area contributed by atoms with E-state index in [-0.39, 0.29) is 19.9 Å². The van der Waals surface area contributed by atoms with E-state index in [0.717, 1.165) is 30.0 Å². The Balaban J connectivity index is 0.00000180. The van der Waals surface area contributed by atoms with Crippen molar-refractivity contribution >= 4 is 34.1 Å². The minimum Gasteiger partial charge on any atom is -0.482 e. The number of hydrogen-bond donors (Lipinski definition) is 2. The van der Waals surface area contributed by atoms with Crippen LogP contribution in [0.15, 0.2) is 30.3 Å². The van der Waals surface area contributed by atoms with E-state index in [4.69, 9.17) is 9.72 Å². The zero-order valence-corrected chi connectivity index (χ0v) is 14.6. The number of fused-ring (bicyclic) bond motifs is 4. The molecule has 3 aromatic rings. The molecule has 0 saturated heterocycles. The quantitative estimate of drug-likeness (QED) is 0.716. The Bertz CT molecular complexity index is 1040. The lowest BCUT2D eigenvalue weighted by Crippen LogP contribution is -2.25. The Labute approximate surface area is 158 Å². The summed E-state index contributed by atoms with van der Waals surface area (Å²) in [7, 11) is 2.11. The fourth-order valence-electron chi connectivity index (χ4n) is 4.00. The summed E-state index contributed by atoms with van der Waals surface area (Å²) in [5.74, 6) is 1.34. The van der Waals surface area contributed by atoms with Gasteiger partial charge in [0.25, 0.3) is 5.91 Å². The molecule has 27 heavy (non-hydrogen) atoms. The van der Waals surface area contributed by atoms with Crippen molar-refractivity contribution in [1.82, 2.24) is 9.55 Å². The summed E-state index contributed by atoms with van der Waals surface area (Å²) in [4.78, 5) is 16.3. The largest absolute Gasteiger partial charge is 0.482 e. The number of carbonyl (C=O) groups excluding carboxylic acids is 1. The maximum absolute atomic E-state index is 11.5. The fraction of sp³-hybridized carbons (Fsp3) is 0.333. The van der Waals surface area contributed by atoms with E-state index in [0.29, 0.717) is 11.4 Å². The number of anilines is 3. The number of nitrogens with zero attached hydrogens (tertiary/aromatic N) is 2. The zero-order valence-electron chi connectivity index (χ0n) is 14.6. The van der Waals surface area contributed by atoms with Crippen molar-refractivity contribution < 1.29 is 9.53 Å². The van der Waals surface area contributed by atoms with Gasteiger partial charge in [0.05, 0.1) is 5.69 Å². The first-order valence-corrected chi connectivity index (χ1v) is 9.00. The highest BCUT2D eigenvalue weighted by atomic mass is 16.5. The lowest BCUT2D eigenvalue weighted by Gasteiger charge is -2.18. The van der Waals surface area contributed by atoms with E-state index in [9.17, 15) is 4.79 Å². The van der Waals surface area contributed by atoms with Gasteiger partial charge in [0.2, 0.25) is 0 Å². The molecule has 1 aliphatic heterocycles. The maximum Gasteiger partial charge on any atom is 0.262 e. The molecule has 2 aliphatic rings. The zero-order chi connectivity index (χ0) is 17.7. The molecule has 2 aromatic heterocycles. The van der Waals surface area contributed by atoms with Gasteiger partial charge >= 0.3 is 0 Å². The number of ether oxygens (including phenoxy) is 1. The predicted molar refractivity (Wildman–Crippen MR) is 108 cm³/mol. The molecule has 1 amide bonds. The van der Waals surface area contributed by atoms with Gasteiger partial charge in [-0.25, -0.2) is 4.98 Å². The van der Waals surface area contributed by atoms with E-state index >= 15 is 0 Å². The van der Waals surface area contributed by atoms with Crippen LogP contribution in [0.3, 0.4) is 0 Å². The first-order chi connectivity index (χ1) is 12.7. The molecule has 0 unspecified atom stereocenters. The average Bonchev–Trinajstić information content (AvgIpc) is 2.94. The third-order valence-corrected chi connectivity index (χ3v) is 5.25. The van der Waals surface area contributed by atoms with Crippen LogP contribution in [0, 0.1) is 0 Å². The Morgan fingerprint density at radius 2 is 2.04 bits per heavy atom. The molecule has 1 aliphatic carbocycles. The van der Waals surface area contributed by atoms with E-state index < -0.39 is 0 Å². The van der Waals surface area contributed by atoms with Crippen molar-refractivity contribution in [2.24, 2.45) is 7.05 Å². The molecule has 140 valence electrons. The fourth-order valence-corrected chi connectivity index (χ4v) is 4.00. The standard InChI is InChI=1S/C20H20N4O2.CH4/c1-24-16-5-3-2-4-13(16)14-7-9-18(23-20(14)24)21-12-6-8-17-15(10-12)22-19(25)11-26-17;/h6-10H,2-5,11H2,1H3,(H,21,23)(H,22,25);1H4. The van der Waals surface area contributed by atoms with Crippen molar-refractivity contribution in [3.8, 4) is 5.75 Å². The van der Waals surface area contributed by atoms with E-state index in [2.05, 4.69) is 28.3 Å². The van der Waals surface area contributed by atoms with Crippen molar-refractivity contribution in [1.29, 1.82) is 0 Å². The predicted octanol–water partition coefficient (Wildman–Crippen LogP) is 4.16. The minimum absolute atomic E-state index is 0. The van der Waals surface area contributed by atoms with Crippen molar-refractivity contribution in [2.45, 2.75) is 33.1 Å². The second kappa shape index (κ2) is 6.61. The molecule has 0 saturated carbocycles. The van der Waals surface area contributed by atoms with Gasteiger partial charge in [0.1, 0.15) is 17.2 Å². The second-order valence-electron chi connectivity index (χ2n) is 6.93. The number of pyridine rings is 1. The topological polar surface area (TPSA) is 68.2 Å². The lowest BCUT2D eigenvalue weighted by molar-refractivity contribution is -0.118. The molecule has 3 heterocycles. The van der Waals surface area contributed by atoms with Crippen LogP contribution in [-0.4, -0.2) is 22.1 Å². The van der Waals surface area contributed by atoms with Gasteiger partial charge in [-0.15, -0.1) is 0 Å². The highest BCUT2D eigenvalue weighted by Gasteiger charge is 2.20. The Hall–Kier alpha value is -3.02. The second-order valence-corrected chi connectivity index (χ2v) is 6.93. The van der Waals surface area contributed by atoms with Crippen LogP contribution >= 0.6 is 0 Å². The van der Waals surface area contributed by atoms with Crippen LogP contribution in [-0.2, 0) is 24.7 Å². The van der Waals surface area contributed by atoms with Gasteiger partial charge in [0, 0.05) is 23.8 Å². The van der Waals surface area contributed by atoms with E-state index in [1.54, 1.807) is 0 Å². The number of nitrogens with one attached hydrogen (secondary N) is 2. The number of aromatic nitrogens is 2. The molecule has 6 nitrogen and oxygen atoms in total. The van der Waals surface area contributed by atoms with Crippen LogP contribution < -0.4 is 15.4 Å². The number of aryl methyl sites for hydroxylation is 2. The van der Waals surface area contributed by atoms with Crippen LogP contribution in [0.1, 0.15) is 31.5 Å². The molecule has 6 heteroatoms. The Kier molecular flexibility index (Phi) is 4.26. The van der Waals surface area contributed by atoms with Gasteiger partial charge in [-0.3, -0.25) is 4.79 Å². The molecule has 0 spiro atoms. The van der Waals surface area contributed by atoms with Crippen molar-refractivity contribution in [3.05, 3.63) is 41.6 Å². The van der Waals surface area contributed by atoms with Crippen molar-refractivity contribution in [3.63, 3.8) is 0 Å². The third-order valence-electron chi connectivity index (χ3n) is 5.25. The SMILES string of the molecule is C.Cn1c2c(c3ccc(Nc4ccc5c(c4)NC(=O)CO5)nc31)CCCC2. The molecule has 0 atom stereocenters. The number of carbonyl (C=O) groups is 1. The summed E-state index contributed by atoms with van der Waals surface area (Å²) in [6.07, 6.45) is 4.79. The number of amides is 1. The number of rotatable bonds is 2. The van der Waals surface area contributed by atoms with Gasteiger partial charge in [0.15, 0.2) is 6.61 Å². The van der Waals surface area contributed by atoms with Gasteiger partial charge in [-0.05, 0) is 61.6 Å². The van der Waals surface area contributed by atoms with Gasteiger partial charge in [-0.1, -0.05) is 7.43 Å². The first kappa shape index (κ1) is 17.4. The summed E-state index contributed by atoms with van der Waals surface area (Å²) in [6, 6.07) is 9.84. The van der Waals surface area contributed by atoms with E-state index in [1.807, 2.05) is 24.3 Å². The highest BCUT2D eigenvalue weighted by molar-refractivity contribution is 5.96. The van der Waals surface area contributed by atoms with Crippen molar-refractivity contribution in [2.75, 3.05) is 17.2 Å². The Morgan fingerprint density at radius 1 is 1.19 bits per heavy atom. The maximum atomic E-state index is 11.5. The molecule has 2 N–H and O–H groups in total. The Morgan fingerprint density at radius 3 is 2.93 bits per heavy atom. The molecule has 0 radical (unpaired) electrons. The van der Waals surface area contributed by atoms with Crippen LogP contribution in [0.4, 0.5) is 17.2 Å². The molecule has 0 fully saturated rings. The normalized spacial score (nSPS) is 15.2. The average molecular weight is 364 g/mol. The highest BCUT2D eigenvalue weighted by Crippen LogP contribution is 2.33. The van der Waals surface area contributed by atoms with Crippen LogP contribution in [0.5, 0.6) is 5.75 Å². The molecule has 1 aromatic carbocycles. The summed E-state index contributed by atoms with van der Waals surface area (Å²) in [5, 5.41) is 7.43.